The van der Waals surface area contributed by atoms with E-state index in [-0.39, 0.29) is 0 Å². The zero-order valence-corrected chi connectivity index (χ0v) is 11.0. The molecule has 96 valence electrons. The molecule has 0 heterocycles. The van der Waals surface area contributed by atoms with Crippen molar-refractivity contribution < 1.29 is 5.21 Å². The molecule has 0 aliphatic heterocycles. The van der Waals surface area contributed by atoms with Crippen molar-refractivity contribution in [2.24, 2.45) is 16.8 Å². The van der Waals surface area contributed by atoms with Crippen LogP contribution in [0.4, 0.5) is 0 Å². The molecule has 0 rings (SSSR count). The van der Waals surface area contributed by atoms with Crippen LogP contribution in [0.25, 0.3) is 0 Å². The van der Waals surface area contributed by atoms with E-state index in [0.29, 0.717) is 30.3 Å². The zero-order valence-electron chi connectivity index (χ0n) is 11.0. The Balaban J connectivity index is 4.20. The van der Waals surface area contributed by atoms with E-state index in [4.69, 9.17) is 10.9 Å². The maximum absolute atomic E-state index is 8.55. The van der Waals surface area contributed by atoms with Crippen molar-refractivity contribution in [1.82, 2.24) is 5.32 Å². The van der Waals surface area contributed by atoms with E-state index in [9.17, 15) is 0 Å². The molecule has 4 heteroatoms. The van der Waals surface area contributed by atoms with E-state index in [1.807, 2.05) is 0 Å². The largest absolute Gasteiger partial charge is 0.409 e. The van der Waals surface area contributed by atoms with E-state index in [0.717, 1.165) is 6.42 Å². The second-order valence-corrected chi connectivity index (χ2v) is 4.43. The Morgan fingerprint density at radius 2 is 1.81 bits per heavy atom. The predicted molar refractivity (Wildman–Crippen MR) is 68.8 cm³/mol. The van der Waals surface area contributed by atoms with Crippen molar-refractivity contribution in [2.75, 3.05) is 0 Å². The summed E-state index contributed by atoms with van der Waals surface area (Å²) < 4.78 is 0. The Kier molecular flexibility index (Phi) is 7.99. The van der Waals surface area contributed by atoms with E-state index in [2.05, 4.69) is 38.2 Å². The Bertz CT molecular complexity index is 202. The number of rotatable bonds is 8. The van der Waals surface area contributed by atoms with E-state index in [1.54, 1.807) is 0 Å². The molecule has 2 atom stereocenters. The van der Waals surface area contributed by atoms with Crippen LogP contribution in [-0.4, -0.2) is 23.1 Å². The van der Waals surface area contributed by atoms with Gasteiger partial charge in [-0.3, -0.25) is 0 Å². The molecule has 4 N–H and O–H groups in total. The molecule has 0 radical (unpaired) electrons. The van der Waals surface area contributed by atoms with Gasteiger partial charge in [0, 0.05) is 18.5 Å². The molecule has 0 aromatic carbocycles. The number of hydrogen-bond donors (Lipinski definition) is 3. The highest BCUT2D eigenvalue weighted by molar-refractivity contribution is 5.80. The average molecular weight is 229 g/mol. The lowest BCUT2D eigenvalue weighted by molar-refractivity contribution is 0.305. The molecule has 0 bridgehead atoms. The number of amidine groups is 1. The SMILES string of the molecule is CCC(CC(N)=NO)NC(C)C(CC)CC. The smallest absolute Gasteiger partial charge is 0.140 e. The third-order valence-corrected chi connectivity index (χ3v) is 3.33. The fourth-order valence-electron chi connectivity index (χ4n) is 2.12. The molecule has 0 saturated heterocycles. The summed E-state index contributed by atoms with van der Waals surface area (Å²) in [4.78, 5) is 0. The third kappa shape index (κ3) is 5.35. The number of nitrogens with two attached hydrogens (primary N) is 1. The maximum atomic E-state index is 8.55. The van der Waals surface area contributed by atoms with Crippen LogP contribution in [0.5, 0.6) is 0 Å². The van der Waals surface area contributed by atoms with Crippen LogP contribution >= 0.6 is 0 Å². The minimum absolute atomic E-state index is 0.298. The van der Waals surface area contributed by atoms with Crippen LogP contribution in [0.1, 0.15) is 53.4 Å². The summed E-state index contributed by atoms with van der Waals surface area (Å²) in [6.07, 6.45) is 3.97. The molecule has 0 saturated carbocycles. The van der Waals surface area contributed by atoms with Crippen molar-refractivity contribution in [3.63, 3.8) is 0 Å². The first-order chi connectivity index (χ1) is 7.58. The normalized spacial score (nSPS) is 16.4. The first kappa shape index (κ1) is 15.2. The highest BCUT2D eigenvalue weighted by Crippen LogP contribution is 2.14. The van der Waals surface area contributed by atoms with Crippen LogP contribution < -0.4 is 11.1 Å². The fourth-order valence-corrected chi connectivity index (χ4v) is 2.12. The molecule has 0 aliphatic carbocycles. The van der Waals surface area contributed by atoms with Gasteiger partial charge in [0.15, 0.2) is 0 Å². The van der Waals surface area contributed by atoms with Gasteiger partial charge >= 0.3 is 0 Å². The minimum Gasteiger partial charge on any atom is -0.409 e. The minimum atomic E-state index is 0.298. The molecule has 0 aromatic heterocycles. The van der Waals surface area contributed by atoms with Gasteiger partial charge in [-0.25, -0.2) is 0 Å². The lowest BCUT2D eigenvalue weighted by Gasteiger charge is -2.27. The molecule has 0 aliphatic rings. The summed E-state index contributed by atoms with van der Waals surface area (Å²) in [6, 6.07) is 0.776. The summed E-state index contributed by atoms with van der Waals surface area (Å²) in [5.74, 6) is 0.998. The van der Waals surface area contributed by atoms with Crippen molar-refractivity contribution in [3.05, 3.63) is 0 Å². The van der Waals surface area contributed by atoms with Crippen LogP contribution in [-0.2, 0) is 0 Å². The molecule has 2 unspecified atom stereocenters. The van der Waals surface area contributed by atoms with E-state index in [1.165, 1.54) is 12.8 Å². The van der Waals surface area contributed by atoms with Gasteiger partial charge in [-0.15, -0.1) is 0 Å². The highest BCUT2D eigenvalue weighted by atomic mass is 16.4. The van der Waals surface area contributed by atoms with Gasteiger partial charge in [-0.05, 0) is 19.3 Å². The van der Waals surface area contributed by atoms with Crippen molar-refractivity contribution in [3.8, 4) is 0 Å². The zero-order chi connectivity index (χ0) is 12.6. The number of nitrogens with one attached hydrogen (secondary N) is 1. The molecular weight excluding hydrogens is 202 g/mol. The van der Waals surface area contributed by atoms with Crippen molar-refractivity contribution in [2.45, 2.75) is 65.5 Å². The van der Waals surface area contributed by atoms with Gasteiger partial charge in [-0.2, -0.15) is 0 Å². The summed E-state index contributed by atoms with van der Waals surface area (Å²) in [5.41, 5.74) is 5.53. The van der Waals surface area contributed by atoms with Crippen LogP contribution in [0.3, 0.4) is 0 Å². The average Bonchev–Trinajstić information content (AvgIpc) is 2.29. The van der Waals surface area contributed by atoms with Crippen LogP contribution in [0.15, 0.2) is 5.16 Å². The number of nitrogens with zero attached hydrogens (tertiary/aromatic N) is 1. The topological polar surface area (TPSA) is 70.6 Å². The first-order valence-electron chi connectivity index (χ1n) is 6.31. The monoisotopic (exact) mass is 229 g/mol. The molecule has 0 aromatic rings. The van der Waals surface area contributed by atoms with Crippen LogP contribution in [0, 0.1) is 5.92 Å². The number of hydrogen-bond acceptors (Lipinski definition) is 3. The van der Waals surface area contributed by atoms with Crippen LogP contribution in [0.2, 0.25) is 0 Å². The molecular formula is C12H27N3O. The van der Waals surface area contributed by atoms with Gasteiger partial charge in [0.25, 0.3) is 0 Å². The standard InChI is InChI=1S/C12H27N3O/c1-5-10(6-2)9(4)14-11(7-3)8-12(13)15-16/h9-11,14,16H,5-8H2,1-4H3,(H2,13,15). The van der Waals surface area contributed by atoms with Gasteiger partial charge < -0.3 is 16.3 Å². The highest BCUT2D eigenvalue weighted by Gasteiger charge is 2.17. The Hall–Kier alpha value is -0.770. The van der Waals surface area contributed by atoms with Gasteiger partial charge in [-0.1, -0.05) is 38.8 Å². The lowest BCUT2D eigenvalue weighted by Crippen LogP contribution is -2.42. The van der Waals surface area contributed by atoms with Gasteiger partial charge in [0.2, 0.25) is 0 Å². The maximum Gasteiger partial charge on any atom is 0.140 e. The number of oxime groups is 1. The third-order valence-electron chi connectivity index (χ3n) is 3.33. The lowest BCUT2D eigenvalue weighted by atomic mass is 9.94. The summed E-state index contributed by atoms with van der Waals surface area (Å²) in [7, 11) is 0. The second-order valence-electron chi connectivity index (χ2n) is 4.43. The molecule has 4 nitrogen and oxygen atoms in total. The Morgan fingerprint density at radius 3 is 2.19 bits per heavy atom. The predicted octanol–water partition coefficient (Wildman–Crippen LogP) is 2.32. The first-order valence-corrected chi connectivity index (χ1v) is 6.31. The van der Waals surface area contributed by atoms with Crippen molar-refractivity contribution >= 4 is 5.84 Å². The Morgan fingerprint density at radius 1 is 1.25 bits per heavy atom. The molecule has 0 spiro atoms. The molecule has 0 amide bonds. The van der Waals surface area contributed by atoms with Gasteiger partial charge in [0.1, 0.15) is 5.84 Å². The van der Waals surface area contributed by atoms with E-state index < -0.39 is 0 Å². The molecule has 0 fully saturated rings. The summed E-state index contributed by atoms with van der Waals surface area (Å²) in [6.45, 7) is 8.77. The summed E-state index contributed by atoms with van der Waals surface area (Å²) >= 11 is 0. The second kappa shape index (κ2) is 8.39. The Labute approximate surface area is 99.3 Å². The fraction of sp³-hybridized carbons (Fsp3) is 0.917. The van der Waals surface area contributed by atoms with Crippen molar-refractivity contribution in [1.29, 1.82) is 0 Å². The van der Waals surface area contributed by atoms with Gasteiger partial charge in [0.05, 0.1) is 0 Å². The quantitative estimate of drug-likeness (QED) is 0.259. The molecule has 16 heavy (non-hydrogen) atoms. The summed E-state index contributed by atoms with van der Waals surface area (Å²) in [5, 5.41) is 15.1. The van der Waals surface area contributed by atoms with E-state index >= 15 is 0 Å².